The highest BCUT2D eigenvalue weighted by Crippen LogP contribution is 2.25. The summed E-state index contributed by atoms with van der Waals surface area (Å²) in [5, 5.41) is 14.2. The van der Waals surface area contributed by atoms with Gasteiger partial charge in [0.2, 0.25) is 11.8 Å². The van der Waals surface area contributed by atoms with Gasteiger partial charge in [0.25, 0.3) is 5.69 Å². The number of nitro groups is 1. The molecule has 0 unspecified atom stereocenters. The summed E-state index contributed by atoms with van der Waals surface area (Å²) >= 11 is 6.12. The number of nitro benzene ring substituents is 1. The summed E-state index contributed by atoms with van der Waals surface area (Å²) in [6.45, 7) is 1.05. The number of hydrogen-bond donors (Lipinski definition) is 1. The molecule has 0 aliphatic carbocycles. The standard InChI is InChI=1S/C20H21ClN4O4/c1-23(12-14-10-17(25(28)29)7-8-18(14)21)13-19(26)22-15-4-2-5-16(11-15)24-9-3-6-20(24)27/h2,4-5,7-8,10-11H,3,6,9,12-13H2,1H3,(H,22,26). The first-order valence-electron chi connectivity index (χ1n) is 9.15. The van der Waals surface area contributed by atoms with E-state index in [1.807, 2.05) is 6.07 Å². The Morgan fingerprint density at radius 3 is 2.79 bits per heavy atom. The number of hydrogen-bond acceptors (Lipinski definition) is 5. The normalized spacial score (nSPS) is 13.8. The summed E-state index contributed by atoms with van der Waals surface area (Å²) < 4.78 is 0. The molecule has 1 saturated heterocycles. The van der Waals surface area contributed by atoms with Gasteiger partial charge in [0.15, 0.2) is 0 Å². The van der Waals surface area contributed by atoms with Crippen molar-refractivity contribution >= 4 is 40.5 Å². The van der Waals surface area contributed by atoms with Gasteiger partial charge < -0.3 is 10.2 Å². The first-order valence-corrected chi connectivity index (χ1v) is 9.53. The average Bonchev–Trinajstić information content (AvgIpc) is 3.09. The molecule has 1 aliphatic heterocycles. The van der Waals surface area contributed by atoms with E-state index in [0.29, 0.717) is 29.2 Å². The molecule has 1 N–H and O–H groups in total. The van der Waals surface area contributed by atoms with Crippen molar-refractivity contribution in [3.63, 3.8) is 0 Å². The minimum Gasteiger partial charge on any atom is -0.325 e. The maximum absolute atomic E-state index is 12.4. The van der Waals surface area contributed by atoms with Crippen LogP contribution in [0.3, 0.4) is 0 Å². The second-order valence-corrected chi connectivity index (χ2v) is 7.36. The van der Waals surface area contributed by atoms with Gasteiger partial charge in [0.05, 0.1) is 11.5 Å². The van der Waals surface area contributed by atoms with Crippen molar-refractivity contribution in [3.05, 3.63) is 63.2 Å². The van der Waals surface area contributed by atoms with Crippen LogP contribution < -0.4 is 10.2 Å². The third-order valence-electron chi connectivity index (χ3n) is 4.61. The third kappa shape index (κ3) is 5.30. The Morgan fingerprint density at radius 1 is 1.31 bits per heavy atom. The molecule has 0 atom stereocenters. The van der Waals surface area contributed by atoms with Gasteiger partial charge in [-0.05, 0) is 43.3 Å². The number of nitrogens with zero attached hydrogens (tertiary/aromatic N) is 3. The van der Waals surface area contributed by atoms with Gasteiger partial charge in [-0.3, -0.25) is 24.6 Å². The molecular formula is C20H21ClN4O4. The van der Waals surface area contributed by atoms with Gasteiger partial charge in [-0.25, -0.2) is 0 Å². The smallest absolute Gasteiger partial charge is 0.269 e. The Bertz CT molecular complexity index is 950. The fourth-order valence-corrected chi connectivity index (χ4v) is 3.44. The number of non-ortho nitro benzene ring substituents is 1. The minimum absolute atomic E-state index is 0.0458. The number of likely N-dealkylation sites (N-methyl/N-ethyl adjacent to an activating group) is 1. The van der Waals surface area contributed by atoms with E-state index in [1.54, 1.807) is 35.0 Å². The number of rotatable bonds is 7. The van der Waals surface area contributed by atoms with E-state index in [4.69, 9.17) is 11.6 Å². The molecule has 29 heavy (non-hydrogen) atoms. The maximum atomic E-state index is 12.4. The number of carbonyl (C=O) groups is 2. The Hall–Kier alpha value is -2.97. The Kier molecular flexibility index (Phi) is 6.46. The molecule has 152 valence electrons. The van der Waals surface area contributed by atoms with Crippen molar-refractivity contribution in [2.45, 2.75) is 19.4 Å². The first-order chi connectivity index (χ1) is 13.8. The number of amides is 2. The van der Waals surface area contributed by atoms with E-state index in [-0.39, 0.29) is 30.6 Å². The van der Waals surface area contributed by atoms with Crippen LogP contribution in [-0.4, -0.2) is 41.8 Å². The van der Waals surface area contributed by atoms with E-state index in [0.717, 1.165) is 12.1 Å². The van der Waals surface area contributed by atoms with Gasteiger partial charge in [-0.15, -0.1) is 0 Å². The summed E-state index contributed by atoms with van der Waals surface area (Å²) in [6.07, 6.45) is 1.38. The maximum Gasteiger partial charge on any atom is 0.269 e. The molecule has 2 amide bonds. The van der Waals surface area contributed by atoms with E-state index >= 15 is 0 Å². The van der Waals surface area contributed by atoms with Crippen LogP contribution >= 0.6 is 11.6 Å². The minimum atomic E-state index is -0.482. The topological polar surface area (TPSA) is 95.8 Å². The van der Waals surface area contributed by atoms with Crippen molar-refractivity contribution in [2.75, 3.05) is 30.4 Å². The summed E-state index contributed by atoms with van der Waals surface area (Å²) in [7, 11) is 1.73. The van der Waals surface area contributed by atoms with Crippen LogP contribution in [0.25, 0.3) is 0 Å². The van der Waals surface area contributed by atoms with Gasteiger partial charge in [-0.1, -0.05) is 17.7 Å². The molecule has 1 fully saturated rings. The second-order valence-electron chi connectivity index (χ2n) is 6.95. The van der Waals surface area contributed by atoms with Crippen molar-refractivity contribution in [2.24, 2.45) is 0 Å². The molecule has 2 aromatic rings. The molecule has 0 spiro atoms. The van der Waals surface area contributed by atoms with Crippen molar-refractivity contribution in [1.82, 2.24) is 4.90 Å². The Labute approximate surface area is 173 Å². The van der Waals surface area contributed by atoms with Crippen LogP contribution in [0.2, 0.25) is 5.02 Å². The van der Waals surface area contributed by atoms with Crippen LogP contribution in [0.4, 0.5) is 17.1 Å². The lowest BCUT2D eigenvalue weighted by atomic mass is 10.2. The van der Waals surface area contributed by atoms with E-state index in [2.05, 4.69) is 5.32 Å². The summed E-state index contributed by atoms with van der Waals surface area (Å²) in [5.74, 6) is -0.152. The number of benzene rings is 2. The zero-order valence-electron chi connectivity index (χ0n) is 15.9. The van der Waals surface area contributed by atoms with Crippen LogP contribution in [-0.2, 0) is 16.1 Å². The highest BCUT2D eigenvalue weighted by Gasteiger charge is 2.22. The zero-order valence-corrected chi connectivity index (χ0v) is 16.7. The molecule has 0 aromatic heterocycles. The highest BCUT2D eigenvalue weighted by atomic mass is 35.5. The summed E-state index contributed by atoms with van der Waals surface area (Å²) in [5.41, 5.74) is 1.90. The lowest BCUT2D eigenvalue weighted by Crippen LogP contribution is -2.30. The zero-order chi connectivity index (χ0) is 21.0. The van der Waals surface area contributed by atoms with Crippen molar-refractivity contribution in [1.29, 1.82) is 0 Å². The average molecular weight is 417 g/mol. The largest absolute Gasteiger partial charge is 0.325 e. The van der Waals surface area contributed by atoms with Crippen LogP contribution in [0.5, 0.6) is 0 Å². The predicted octanol–water partition coefficient (Wildman–Crippen LogP) is 3.45. The van der Waals surface area contributed by atoms with Gasteiger partial charge in [-0.2, -0.15) is 0 Å². The lowest BCUT2D eigenvalue weighted by Gasteiger charge is -2.19. The molecule has 0 saturated carbocycles. The third-order valence-corrected chi connectivity index (χ3v) is 4.98. The Morgan fingerprint density at radius 2 is 2.10 bits per heavy atom. The fraction of sp³-hybridized carbons (Fsp3) is 0.300. The molecule has 8 nitrogen and oxygen atoms in total. The van der Waals surface area contributed by atoms with E-state index in [1.165, 1.54) is 18.2 Å². The monoisotopic (exact) mass is 416 g/mol. The van der Waals surface area contributed by atoms with Crippen LogP contribution in [0.1, 0.15) is 18.4 Å². The summed E-state index contributed by atoms with van der Waals surface area (Å²) in [6, 6.07) is 11.4. The molecule has 3 rings (SSSR count). The fourth-order valence-electron chi connectivity index (χ4n) is 3.26. The SMILES string of the molecule is CN(CC(=O)Nc1cccc(N2CCCC2=O)c1)Cc1cc([N+](=O)[O-])ccc1Cl. The molecule has 1 heterocycles. The van der Waals surface area contributed by atoms with Gasteiger partial charge >= 0.3 is 0 Å². The predicted molar refractivity (Wildman–Crippen MR) is 111 cm³/mol. The molecular weight excluding hydrogens is 396 g/mol. The van der Waals surface area contributed by atoms with E-state index < -0.39 is 4.92 Å². The highest BCUT2D eigenvalue weighted by molar-refractivity contribution is 6.31. The molecule has 9 heteroatoms. The quantitative estimate of drug-likeness (QED) is 0.551. The molecule has 2 aromatic carbocycles. The van der Waals surface area contributed by atoms with Crippen LogP contribution in [0, 0.1) is 10.1 Å². The number of carbonyl (C=O) groups excluding carboxylic acids is 2. The Balaban J connectivity index is 1.60. The number of halogens is 1. The molecule has 1 aliphatic rings. The second kappa shape index (κ2) is 9.02. The van der Waals surface area contributed by atoms with Crippen molar-refractivity contribution < 1.29 is 14.5 Å². The van der Waals surface area contributed by atoms with Gasteiger partial charge in [0, 0.05) is 48.0 Å². The number of anilines is 2. The van der Waals surface area contributed by atoms with Gasteiger partial charge in [0.1, 0.15) is 0 Å². The molecule has 0 bridgehead atoms. The lowest BCUT2D eigenvalue weighted by molar-refractivity contribution is -0.384. The summed E-state index contributed by atoms with van der Waals surface area (Å²) in [4.78, 5) is 38.2. The van der Waals surface area contributed by atoms with E-state index in [9.17, 15) is 19.7 Å². The van der Waals surface area contributed by atoms with Crippen LogP contribution in [0.15, 0.2) is 42.5 Å². The van der Waals surface area contributed by atoms with Crippen molar-refractivity contribution in [3.8, 4) is 0 Å². The first kappa shape index (κ1) is 20.8. The molecule has 0 radical (unpaired) electrons. The number of nitrogens with one attached hydrogen (secondary N) is 1.